The summed E-state index contributed by atoms with van der Waals surface area (Å²) in [6.45, 7) is 7.54. The molecule has 1 rings (SSSR count). The van der Waals surface area contributed by atoms with Crippen molar-refractivity contribution in [1.82, 2.24) is 4.90 Å². The molecule has 0 aliphatic heterocycles. The molecule has 0 aliphatic carbocycles. The maximum Gasteiger partial charge on any atom is 0.238 e. The van der Waals surface area contributed by atoms with Crippen LogP contribution in [-0.4, -0.2) is 50.4 Å². The largest absolute Gasteiger partial charge is 0.325 e. The van der Waals surface area contributed by atoms with Gasteiger partial charge in [-0.2, -0.15) is 0 Å². The number of nitrogens with zero attached hydrogens (tertiary/aromatic N) is 1. The molecular weight excluding hydrogens is 300 g/mol. The van der Waals surface area contributed by atoms with Crippen LogP contribution in [0.25, 0.3) is 0 Å². The Balaban J connectivity index is 2.70. The highest BCUT2D eigenvalue weighted by molar-refractivity contribution is 7.91. The van der Waals surface area contributed by atoms with Gasteiger partial charge in [0.25, 0.3) is 0 Å². The number of rotatable bonds is 6. The molecule has 0 heterocycles. The smallest absolute Gasteiger partial charge is 0.238 e. The highest BCUT2D eigenvalue weighted by Crippen LogP contribution is 2.16. The number of hydrogen-bond acceptors (Lipinski definition) is 4. The summed E-state index contributed by atoms with van der Waals surface area (Å²) in [5, 5.41) is 2.36. The Kier molecular flexibility index (Phi) is 6.14. The molecule has 1 aromatic rings. The number of carbonyl (C=O) groups excluding carboxylic acids is 1. The lowest BCUT2D eigenvalue weighted by Crippen LogP contribution is -2.44. The van der Waals surface area contributed by atoms with Crippen LogP contribution in [0.15, 0.2) is 18.2 Å². The first kappa shape index (κ1) is 18.6. The quantitative estimate of drug-likeness (QED) is 0.868. The molecule has 5 nitrogen and oxygen atoms in total. The second-order valence-electron chi connectivity index (χ2n) is 6.06. The third-order valence-electron chi connectivity index (χ3n) is 4.11. The predicted molar refractivity (Wildman–Crippen MR) is 90.9 cm³/mol. The Morgan fingerprint density at radius 3 is 2.41 bits per heavy atom. The van der Waals surface area contributed by atoms with Crippen molar-refractivity contribution in [1.29, 1.82) is 0 Å². The van der Waals surface area contributed by atoms with Crippen molar-refractivity contribution in [3.63, 3.8) is 0 Å². The number of sulfone groups is 1. The van der Waals surface area contributed by atoms with Gasteiger partial charge in [-0.15, -0.1) is 0 Å². The lowest BCUT2D eigenvalue weighted by atomic mass is 10.1. The normalized spacial score (nSPS) is 14.7. The van der Waals surface area contributed by atoms with Gasteiger partial charge in [0.1, 0.15) is 0 Å². The first-order valence-electron chi connectivity index (χ1n) is 7.28. The Bertz CT molecular complexity index is 641. The maximum absolute atomic E-state index is 12.2. The van der Waals surface area contributed by atoms with E-state index in [9.17, 15) is 13.2 Å². The maximum atomic E-state index is 12.2. The third-order valence-corrected chi connectivity index (χ3v) is 5.85. The molecule has 0 unspecified atom stereocenters. The highest BCUT2D eigenvalue weighted by Gasteiger charge is 2.26. The molecule has 0 spiro atoms. The zero-order valence-electron chi connectivity index (χ0n) is 14.2. The number of aryl methyl sites for hydroxylation is 2. The zero-order valence-corrected chi connectivity index (χ0v) is 15.0. The van der Waals surface area contributed by atoms with Gasteiger partial charge < -0.3 is 5.32 Å². The summed E-state index contributed by atoms with van der Waals surface area (Å²) in [5.41, 5.74) is 2.87. The van der Waals surface area contributed by atoms with Gasteiger partial charge >= 0.3 is 0 Å². The molecule has 1 N–H and O–H groups in total. The number of benzene rings is 1. The molecule has 0 saturated heterocycles. The van der Waals surface area contributed by atoms with E-state index in [-0.39, 0.29) is 18.5 Å². The molecule has 0 aliphatic rings. The number of amides is 1. The van der Waals surface area contributed by atoms with E-state index >= 15 is 0 Å². The molecule has 0 fully saturated rings. The molecule has 22 heavy (non-hydrogen) atoms. The summed E-state index contributed by atoms with van der Waals surface area (Å²) < 4.78 is 23.2. The summed E-state index contributed by atoms with van der Waals surface area (Å²) in [5.74, 6) is -0.149. The number of likely N-dealkylation sites (N-methyl/N-ethyl adjacent to an activating group) is 1. The van der Waals surface area contributed by atoms with E-state index in [1.54, 1.807) is 18.9 Å². The molecule has 2 atom stereocenters. The average molecular weight is 326 g/mol. The number of anilines is 1. The van der Waals surface area contributed by atoms with Crippen LogP contribution in [-0.2, 0) is 14.6 Å². The first-order chi connectivity index (χ1) is 10.0. The van der Waals surface area contributed by atoms with Crippen molar-refractivity contribution in [2.45, 2.75) is 39.0 Å². The second kappa shape index (κ2) is 7.24. The van der Waals surface area contributed by atoms with Crippen molar-refractivity contribution in [3.8, 4) is 0 Å². The van der Waals surface area contributed by atoms with E-state index in [4.69, 9.17) is 0 Å². The van der Waals surface area contributed by atoms with Crippen LogP contribution < -0.4 is 5.32 Å². The van der Waals surface area contributed by atoms with Crippen molar-refractivity contribution < 1.29 is 13.2 Å². The predicted octanol–water partition coefficient (Wildman–Crippen LogP) is 2.00. The minimum Gasteiger partial charge on any atom is -0.325 e. The molecule has 0 aromatic heterocycles. The fraction of sp³-hybridized carbons (Fsp3) is 0.562. The average Bonchev–Trinajstić information content (AvgIpc) is 2.40. The summed E-state index contributed by atoms with van der Waals surface area (Å²) in [6, 6.07) is 5.64. The Hall–Kier alpha value is -1.40. The number of carbonyl (C=O) groups is 1. The van der Waals surface area contributed by atoms with Gasteiger partial charge in [-0.25, -0.2) is 8.42 Å². The Morgan fingerprint density at radius 1 is 1.27 bits per heavy atom. The van der Waals surface area contributed by atoms with Gasteiger partial charge in [0.05, 0.1) is 11.8 Å². The fourth-order valence-corrected chi connectivity index (χ4v) is 3.07. The minimum absolute atomic E-state index is 0.147. The lowest BCUT2D eigenvalue weighted by Gasteiger charge is -2.28. The summed E-state index contributed by atoms with van der Waals surface area (Å²) >= 11 is 0. The van der Waals surface area contributed by atoms with E-state index < -0.39 is 15.1 Å². The van der Waals surface area contributed by atoms with E-state index in [0.29, 0.717) is 0 Å². The Labute approximate surface area is 133 Å². The molecule has 6 heteroatoms. The molecular formula is C16H26N2O3S. The monoisotopic (exact) mass is 326 g/mol. The van der Waals surface area contributed by atoms with Crippen LogP contribution in [0.4, 0.5) is 5.69 Å². The van der Waals surface area contributed by atoms with Crippen LogP contribution in [0, 0.1) is 13.8 Å². The van der Waals surface area contributed by atoms with Gasteiger partial charge in [-0.05, 0) is 51.9 Å². The summed E-state index contributed by atoms with van der Waals surface area (Å²) in [7, 11) is -1.37. The van der Waals surface area contributed by atoms with Gasteiger partial charge in [-0.3, -0.25) is 9.69 Å². The van der Waals surface area contributed by atoms with E-state index in [1.165, 1.54) is 6.26 Å². The molecule has 0 bridgehead atoms. The fourth-order valence-electron chi connectivity index (χ4n) is 2.15. The summed E-state index contributed by atoms with van der Waals surface area (Å²) in [4.78, 5) is 13.9. The molecule has 124 valence electrons. The SMILES string of the molecule is Cc1ccc(C)c(NC(=O)CN(C)[C@@H](C)[C@@H](C)S(C)(=O)=O)c1. The summed E-state index contributed by atoms with van der Waals surface area (Å²) in [6.07, 6.45) is 1.22. The van der Waals surface area contributed by atoms with Crippen LogP contribution in [0.5, 0.6) is 0 Å². The standard InChI is InChI=1S/C16H26N2O3S/c1-11-7-8-12(2)15(9-11)17-16(19)10-18(5)13(3)14(4)22(6,20)21/h7-9,13-14H,10H2,1-6H3,(H,17,19)/t13-,14+/m0/s1. The van der Waals surface area contributed by atoms with Crippen LogP contribution in [0.2, 0.25) is 0 Å². The topological polar surface area (TPSA) is 66.5 Å². The third kappa shape index (κ3) is 5.10. The van der Waals surface area contributed by atoms with Crippen molar-refractivity contribution in [2.75, 3.05) is 25.2 Å². The van der Waals surface area contributed by atoms with Crippen LogP contribution in [0.1, 0.15) is 25.0 Å². The van der Waals surface area contributed by atoms with Gasteiger partial charge in [0.2, 0.25) is 5.91 Å². The van der Waals surface area contributed by atoms with Crippen LogP contribution in [0.3, 0.4) is 0 Å². The van der Waals surface area contributed by atoms with Gasteiger partial charge in [-0.1, -0.05) is 12.1 Å². The first-order valence-corrected chi connectivity index (χ1v) is 9.24. The van der Waals surface area contributed by atoms with Crippen molar-refractivity contribution >= 4 is 21.4 Å². The molecule has 1 aromatic carbocycles. The van der Waals surface area contributed by atoms with Gasteiger partial charge in [0, 0.05) is 18.0 Å². The zero-order chi connectivity index (χ0) is 17.1. The van der Waals surface area contributed by atoms with Crippen molar-refractivity contribution in [2.24, 2.45) is 0 Å². The second-order valence-corrected chi connectivity index (χ2v) is 8.46. The van der Waals surface area contributed by atoms with Crippen LogP contribution >= 0.6 is 0 Å². The molecule has 0 saturated carbocycles. The lowest BCUT2D eigenvalue weighted by molar-refractivity contribution is -0.117. The van der Waals surface area contributed by atoms with Gasteiger partial charge in [0.15, 0.2) is 9.84 Å². The van der Waals surface area contributed by atoms with E-state index in [1.807, 2.05) is 39.0 Å². The molecule has 1 amide bonds. The molecule has 0 radical (unpaired) electrons. The number of hydrogen-bond donors (Lipinski definition) is 1. The van der Waals surface area contributed by atoms with E-state index in [2.05, 4.69) is 5.32 Å². The highest BCUT2D eigenvalue weighted by atomic mass is 32.2. The number of nitrogens with one attached hydrogen (secondary N) is 1. The minimum atomic E-state index is -3.13. The Morgan fingerprint density at radius 2 is 1.86 bits per heavy atom. The van der Waals surface area contributed by atoms with Crippen molar-refractivity contribution in [3.05, 3.63) is 29.3 Å². The van der Waals surface area contributed by atoms with E-state index in [0.717, 1.165) is 16.8 Å².